The predicted octanol–water partition coefficient (Wildman–Crippen LogP) is 4.12. The molecule has 0 radical (unpaired) electrons. The van der Waals surface area contributed by atoms with Gasteiger partial charge in [0.15, 0.2) is 5.78 Å². The van der Waals surface area contributed by atoms with Crippen LogP contribution in [0.15, 0.2) is 40.3 Å². The van der Waals surface area contributed by atoms with Gasteiger partial charge in [0.05, 0.1) is 16.9 Å². The minimum atomic E-state index is -0.134. The van der Waals surface area contributed by atoms with Crippen molar-refractivity contribution in [2.75, 3.05) is 6.26 Å². The van der Waals surface area contributed by atoms with Gasteiger partial charge in [0.1, 0.15) is 0 Å². The number of hydrogen-bond donors (Lipinski definition) is 0. The Balaban J connectivity index is 2.25. The van der Waals surface area contributed by atoms with Crippen LogP contribution in [0.2, 0.25) is 10.0 Å². The second kappa shape index (κ2) is 8.51. The van der Waals surface area contributed by atoms with E-state index in [0.29, 0.717) is 33.6 Å². The second-order valence-corrected chi connectivity index (χ2v) is 6.75. The molecule has 0 unspecified atom stereocenters. The van der Waals surface area contributed by atoms with Gasteiger partial charge in [-0.05, 0) is 49.4 Å². The zero-order chi connectivity index (χ0) is 17.7. The van der Waals surface area contributed by atoms with Crippen molar-refractivity contribution >= 4 is 46.8 Å². The van der Waals surface area contributed by atoms with Gasteiger partial charge in [-0.3, -0.25) is 14.2 Å². The van der Waals surface area contributed by atoms with E-state index < -0.39 is 0 Å². The maximum atomic E-state index is 12.6. The molecule has 0 aliphatic carbocycles. The normalized spacial score (nSPS) is 11.2. The maximum Gasteiger partial charge on any atom is 0.267 e. The number of allylic oxidation sites excluding steroid dienone is 1. The van der Waals surface area contributed by atoms with Gasteiger partial charge in [0, 0.05) is 16.6 Å². The summed E-state index contributed by atoms with van der Waals surface area (Å²) in [6.45, 7) is 1.91. The lowest BCUT2D eigenvalue weighted by Gasteiger charge is -2.10. The average molecular weight is 383 g/mol. The van der Waals surface area contributed by atoms with E-state index in [1.807, 2.05) is 12.3 Å². The molecule has 1 aromatic carbocycles. The first-order valence-electron chi connectivity index (χ1n) is 7.18. The number of aryl methyl sites for hydroxylation is 2. The summed E-state index contributed by atoms with van der Waals surface area (Å²) in [4.78, 5) is 28.4. The largest absolute Gasteiger partial charge is 0.298 e. The van der Waals surface area contributed by atoms with E-state index in [1.165, 1.54) is 31.1 Å². The Morgan fingerprint density at radius 2 is 2.12 bits per heavy atom. The second-order valence-electron chi connectivity index (χ2n) is 5.09. The quantitative estimate of drug-likeness (QED) is 0.556. The molecule has 0 saturated heterocycles. The lowest BCUT2D eigenvalue weighted by Crippen LogP contribution is -2.24. The van der Waals surface area contributed by atoms with E-state index in [2.05, 4.69) is 4.98 Å². The minimum absolute atomic E-state index is 0.0922. The number of hydrogen-bond acceptors (Lipinski definition) is 4. The molecule has 24 heavy (non-hydrogen) atoms. The predicted molar refractivity (Wildman–Crippen MR) is 100 cm³/mol. The zero-order valence-corrected chi connectivity index (χ0v) is 15.6. The topological polar surface area (TPSA) is 52.0 Å². The zero-order valence-electron chi connectivity index (χ0n) is 13.3. The van der Waals surface area contributed by atoms with Crippen LogP contribution in [0.25, 0.3) is 6.08 Å². The molecule has 0 aliphatic rings. The van der Waals surface area contributed by atoms with E-state index in [1.54, 1.807) is 22.8 Å². The fraction of sp³-hybridized carbons (Fsp3) is 0.235. The van der Waals surface area contributed by atoms with Gasteiger partial charge < -0.3 is 0 Å². The van der Waals surface area contributed by atoms with Crippen LogP contribution in [0.1, 0.15) is 18.2 Å². The van der Waals surface area contributed by atoms with Crippen molar-refractivity contribution in [1.29, 1.82) is 0 Å². The van der Waals surface area contributed by atoms with Crippen molar-refractivity contribution in [1.82, 2.24) is 9.55 Å². The Bertz CT molecular complexity index is 847. The van der Waals surface area contributed by atoms with Crippen molar-refractivity contribution in [2.24, 2.45) is 0 Å². The molecule has 0 saturated carbocycles. The Hall–Kier alpha value is -1.56. The average Bonchev–Trinajstić information content (AvgIpc) is 2.53. The highest BCUT2D eigenvalue weighted by atomic mass is 35.5. The molecule has 4 nitrogen and oxygen atoms in total. The van der Waals surface area contributed by atoms with Gasteiger partial charge in [0.2, 0.25) is 0 Å². The number of halogens is 2. The Labute approximate surface area is 154 Å². The molecule has 7 heteroatoms. The van der Waals surface area contributed by atoms with Gasteiger partial charge in [-0.2, -0.15) is 0 Å². The third-order valence-corrected chi connectivity index (χ3v) is 4.72. The summed E-state index contributed by atoms with van der Waals surface area (Å²) in [7, 11) is 0. The fourth-order valence-corrected chi connectivity index (χ4v) is 3.24. The van der Waals surface area contributed by atoms with Crippen molar-refractivity contribution < 1.29 is 4.79 Å². The monoisotopic (exact) mass is 382 g/mol. The van der Waals surface area contributed by atoms with Crippen LogP contribution < -0.4 is 5.56 Å². The van der Waals surface area contributed by atoms with Crippen LogP contribution >= 0.6 is 35.0 Å². The summed E-state index contributed by atoms with van der Waals surface area (Å²) >= 11 is 13.4. The van der Waals surface area contributed by atoms with Crippen molar-refractivity contribution in [3.63, 3.8) is 0 Å². The third kappa shape index (κ3) is 4.72. The van der Waals surface area contributed by atoms with E-state index in [4.69, 9.17) is 23.2 Å². The summed E-state index contributed by atoms with van der Waals surface area (Å²) in [5.41, 5.74) is 1.29. The highest BCUT2D eigenvalue weighted by Gasteiger charge is 2.10. The Kier molecular flexibility index (Phi) is 6.66. The molecular weight excluding hydrogens is 367 g/mol. The van der Waals surface area contributed by atoms with Gasteiger partial charge in [-0.15, -0.1) is 11.8 Å². The fourth-order valence-electron chi connectivity index (χ4n) is 2.11. The van der Waals surface area contributed by atoms with Gasteiger partial charge >= 0.3 is 0 Å². The number of carbonyl (C=O) groups excluding carboxylic acids is 1. The van der Waals surface area contributed by atoms with E-state index in [9.17, 15) is 9.59 Å². The molecule has 0 atom stereocenters. The molecule has 1 heterocycles. The van der Waals surface area contributed by atoms with Crippen molar-refractivity contribution in [3.05, 3.63) is 62.3 Å². The first kappa shape index (κ1) is 18.8. The van der Waals surface area contributed by atoms with Crippen molar-refractivity contribution in [2.45, 2.75) is 24.8 Å². The summed E-state index contributed by atoms with van der Waals surface area (Å²) in [6, 6.07) is 5.30. The maximum absolute atomic E-state index is 12.6. The van der Waals surface area contributed by atoms with Crippen LogP contribution in [0.3, 0.4) is 0 Å². The number of thioether (sulfide) groups is 1. The van der Waals surface area contributed by atoms with E-state index in [0.717, 1.165) is 5.56 Å². The number of aromatic nitrogens is 2. The van der Waals surface area contributed by atoms with Crippen LogP contribution in [0.4, 0.5) is 0 Å². The molecule has 0 aliphatic heterocycles. The number of rotatable bonds is 6. The first-order chi connectivity index (χ1) is 11.4. The molecule has 2 aromatic rings. The number of nitrogens with zero attached hydrogens (tertiary/aromatic N) is 2. The number of ketones is 1. The molecule has 1 aromatic heterocycles. The number of carbonyl (C=O) groups is 1. The van der Waals surface area contributed by atoms with Gasteiger partial charge in [-0.25, -0.2) is 4.98 Å². The molecule has 0 N–H and O–H groups in total. The summed E-state index contributed by atoms with van der Waals surface area (Å²) in [6.07, 6.45) is 6.86. The van der Waals surface area contributed by atoms with Crippen molar-refractivity contribution in [3.8, 4) is 0 Å². The lowest BCUT2D eigenvalue weighted by atomic mass is 10.1. The number of benzene rings is 1. The van der Waals surface area contributed by atoms with Crippen LogP contribution in [-0.4, -0.2) is 21.6 Å². The lowest BCUT2D eigenvalue weighted by molar-refractivity contribution is -0.112. The summed E-state index contributed by atoms with van der Waals surface area (Å²) in [5, 5.41) is 1.16. The third-order valence-electron chi connectivity index (χ3n) is 3.34. The van der Waals surface area contributed by atoms with Crippen LogP contribution in [0.5, 0.6) is 0 Å². The molecule has 0 bridgehead atoms. The van der Waals surface area contributed by atoms with E-state index in [-0.39, 0.29) is 11.3 Å². The molecule has 2 rings (SSSR count). The van der Waals surface area contributed by atoms with Crippen LogP contribution in [0, 0.1) is 0 Å². The summed E-state index contributed by atoms with van der Waals surface area (Å²) < 4.78 is 1.54. The Morgan fingerprint density at radius 3 is 2.75 bits per heavy atom. The van der Waals surface area contributed by atoms with Crippen LogP contribution in [-0.2, 0) is 17.8 Å². The Morgan fingerprint density at radius 1 is 1.38 bits per heavy atom. The van der Waals surface area contributed by atoms with Gasteiger partial charge in [0.25, 0.3) is 5.56 Å². The smallest absolute Gasteiger partial charge is 0.267 e. The molecule has 126 valence electrons. The van der Waals surface area contributed by atoms with Gasteiger partial charge in [-0.1, -0.05) is 29.3 Å². The molecular formula is C17H16Cl2N2O2S. The highest BCUT2D eigenvalue weighted by Crippen LogP contribution is 2.22. The molecule has 0 amide bonds. The standard InChI is InChI=1S/C17H16Cl2N2O2S/c1-11(22)3-6-15-16(24-2)17(23)21(10-20-15)8-7-12-4-5-13(18)9-14(12)19/h3-6,9-10H,7-8H2,1-2H3/b6-3+. The molecule has 0 fully saturated rings. The van der Waals surface area contributed by atoms with E-state index >= 15 is 0 Å². The molecule has 0 spiro atoms. The highest BCUT2D eigenvalue weighted by molar-refractivity contribution is 7.98. The summed E-state index contributed by atoms with van der Waals surface area (Å²) in [5.74, 6) is -0.0922. The first-order valence-corrected chi connectivity index (χ1v) is 9.16. The SMILES string of the molecule is CSc1c(/C=C/C(C)=O)ncn(CCc2ccc(Cl)cc2Cl)c1=O. The minimum Gasteiger partial charge on any atom is -0.298 e.